The molecule has 0 bridgehead atoms. The fraction of sp³-hybridized carbons (Fsp3) is 0.700. The van der Waals surface area contributed by atoms with Gasteiger partial charge in [0.05, 0.1) is 0 Å². The lowest BCUT2D eigenvalue weighted by molar-refractivity contribution is -0.121. The van der Waals surface area contributed by atoms with Crippen molar-refractivity contribution in [2.75, 3.05) is 6.54 Å². The van der Waals surface area contributed by atoms with Crippen molar-refractivity contribution in [3.05, 3.63) is 12.7 Å². The lowest BCUT2D eigenvalue weighted by atomic mass is 10.1. The summed E-state index contributed by atoms with van der Waals surface area (Å²) in [5.74, 6) is 0.390. The molecule has 0 aliphatic rings. The molecule has 0 heterocycles. The van der Waals surface area contributed by atoms with Gasteiger partial charge in [-0.1, -0.05) is 26.8 Å². The van der Waals surface area contributed by atoms with E-state index in [1.807, 2.05) is 27.7 Å². The molecule has 72 valence electrons. The van der Waals surface area contributed by atoms with Gasteiger partial charge < -0.3 is 5.32 Å². The number of amides is 1. The Hall–Kier alpha value is -0.790. The van der Waals surface area contributed by atoms with E-state index in [9.17, 15) is 4.79 Å². The van der Waals surface area contributed by atoms with Crippen LogP contribution >= 0.6 is 0 Å². The van der Waals surface area contributed by atoms with Crippen molar-refractivity contribution in [2.24, 2.45) is 5.92 Å². The van der Waals surface area contributed by atoms with E-state index in [2.05, 4.69) is 11.9 Å². The van der Waals surface area contributed by atoms with E-state index in [0.717, 1.165) is 0 Å². The minimum atomic E-state index is 0.106. The van der Waals surface area contributed by atoms with Crippen molar-refractivity contribution < 1.29 is 4.79 Å². The van der Waals surface area contributed by atoms with Crippen molar-refractivity contribution in [3.63, 3.8) is 0 Å². The van der Waals surface area contributed by atoms with Gasteiger partial charge in [0.25, 0.3) is 0 Å². The third-order valence-electron chi connectivity index (χ3n) is 1.28. The zero-order valence-electron chi connectivity index (χ0n) is 8.68. The number of hydrogen-bond donors (Lipinski definition) is 1. The number of hydrogen-bond acceptors (Lipinski definition) is 1. The second kappa shape index (κ2) is 10.2. The van der Waals surface area contributed by atoms with Crippen molar-refractivity contribution in [3.8, 4) is 0 Å². The lowest BCUT2D eigenvalue weighted by Gasteiger charge is -2.04. The first-order valence-electron chi connectivity index (χ1n) is 4.60. The number of nitrogens with one attached hydrogen (secondary N) is 1. The van der Waals surface area contributed by atoms with Crippen LogP contribution in [0.2, 0.25) is 0 Å². The van der Waals surface area contributed by atoms with Gasteiger partial charge in [0.2, 0.25) is 5.91 Å². The molecule has 1 atom stereocenters. The molecule has 0 saturated heterocycles. The Morgan fingerprint density at radius 3 is 2.42 bits per heavy atom. The van der Waals surface area contributed by atoms with Gasteiger partial charge in [0.1, 0.15) is 0 Å². The molecular weight excluding hydrogens is 150 g/mol. The highest BCUT2D eigenvalue weighted by molar-refractivity contribution is 5.76. The Morgan fingerprint density at radius 1 is 1.58 bits per heavy atom. The third kappa shape index (κ3) is 9.21. The molecule has 1 N–H and O–H groups in total. The first kappa shape index (κ1) is 13.8. The van der Waals surface area contributed by atoms with Gasteiger partial charge in [-0.05, 0) is 12.8 Å². The summed E-state index contributed by atoms with van der Waals surface area (Å²) in [6.45, 7) is 12.2. The average molecular weight is 171 g/mol. The van der Waals surface area contributed by atoms with Crippen molar-refractivity contribution in [1.29, 1.82) is 0 Å². The van der Waals surface area contributed by atoms with Gasteiger partial charge in [0, 0.05) is 13.0 Å². The maximum Gasteiger partial charge on any atom is 0.220 e. The molecule has 1 amide bonds. The molecule has 12 heavy (non-hydrogen) atoms. The molecule has 0 aliphatic heterocycles. The standard InChI is InChI=1S/C8H15NO.C2H6/c1-4-7(3)6-8(10)9-5-2;1-2/h4,7H,1,5-6H2,2-3H3,(H,9,10);1-2H3. The highest BCUT2D eigenvalue weighted by atomic mass is 16.1. The fourth-order valence-corrected chi connectivity index (χ4v) is 0.645. The summed E-state index contributed by atoms with van der Waals surface area (Å²) < 4.78 is 0. The van der Waals surface area contributed by atoms with E-state index in [1.54, 1.807) is 6.08 Å². The monoisotopic (exact) mass is 171 g/mol. The molecule has 0 saturated carbocycles. The van der Waals surface area contributed by atoms with E-state index in [-0.39, 0.29) is 11.8 Å². The fourth-order valence-electron chi connectivity index (χ4n) is 0.645. The van der Waals surface area contributed by atoms with Crippen molar-refractivity contribution in [2.45, 2.75) is 34.1 Å². The van der Waals surface area contributed by atoms with Gasteiger partial charge in [-0.25, -0.2) is 0 Å². The lowest BCUT2D eigenvalue weighted by Crippen LogP contribution is -2.23. The summed E-state index contributed by atoms with van der Waals surface area (Å²) in [4.78, 5) is 10.9. The largest absolute Gasteiger partial charge is 0.356 e. The number of carbonyl (C=O) groups is 1. The number of carbonyl (C=O) groups excluding carboxylic acids is 1. The van der Waals surface area contributed by atoms with E-state index < -0.39 is 0 Å². The molecule has 0 aromatic carbocycles. The van der Waals surface area contributed by atoms with Crippen molar-refractivity contribution >= 4 is 5.91 Å². The van der Waals surface area contributed by atoms with Gasteiger partial charge in [-0.15, -0.1) is 6.58 Å². The Labute approximate surface area is 76.1 Å². The SMILES string of the molecule is C=CC(C)CC(=O)NCC.CC. The quantitative estimate of drug-likeness (QED) is 0.646. The second-order valence-electron chi connectivity index (χ2n) is 2.37. The third-order valence-corrected chi connectivity index (χ3v) is 1.28. The molecule has 0 aromatic heterocycles. The van der Waals surface area contributed by atoms with Crippen LogP contribution < -0.4 is 5.32 Å². The highest BCUT2D eigenvalue weighted by Crippen LogP contribution is 2.00. The van der Waals surface area contributed by atoms with E-state index >= 15 is 0 Å². The molecule has 0 aromatic rings. The molecular formula is C10H21NO. The average Bonchev–Trinajstić information content (AvgIpc) is 2.08. The topological polar surface area (TPSA) is 29.1 Å². The van der Waals surface area contributed by atoms with Crippen LogP contribution in [-0.2, 0) is 4.79 Å². The highest BCUT2D eigenvalue weighted by Gasteiger charge is 2.02. The number of allylic oxidation sites excluding steroid dienone is 1. The zero-order chi connectivity index (χ0) is 9.98. The molecule has 0 radical (unpaired) electrons. The molecule has 0 fully saturated rings. The van der Waals surface area contributed by atoms with E-state index in [1.165, 1.54) is 0 Å². The molecule has 0 rings (SSSR count). The van der Waals surface area contributed by atoms with Crippen LogP contribution in [0.15, 0.2) is 12.7 Å². The number of rotatable bonds is 4. The molecule has 2 nitrogen and oxygen atoms in total. The van der Waals surface area contributed by atoms with Crippen LogP contribution in [0.4, 0.5) is 0 Å². The first-order chi connectivity index (χ1) is 5.70. The van der Waals surface area contributed by atoms with Gasteiger partial charge in [-0.2, -0.15) is 0 Å². The Morgan fingerprint density at radius 2 is 2.08 bits per heavy atom. The minimum Gasteiger partial charge on any atom is -0.356 e. The Balaban J connectivity index is 0. The first-order valence-corrected chi connectivity index (χ1v) is 4.60. The van der Waals surface area contributed by atoms with Crippen LogP contribution in [0.25, 0.3) is 0 Å². The minimum absolute atomic E-state index is 0.106. The van der Waals surface area contributed by atoms with Gasteiger partial charge in [-0.3, -0.25) is 4.79 Å². The van der Waals surface area contributed by atoms with Crippen LogP contribution in [0, 0.1) is 5.92 Å². The summed E-state index contributed by atoms with van der Waals surface area (Å²) in [6, 6.07) is 0. The maximum absolute atomic E-state index is 10.9. The Bertz CT molecular complexity index is 121. The molecule has 0 aliphatic carbocycles. The molecule has 2 heteroatoms. The summed E-state index contributed by atoms with van der Waals surface area (Å²) in [6.07, 6.45) is 2.34. The van der Waals surface area contributed by atoms with Gasteiger partial charge in [0.15, 0.2) is 0 Å². The van der Waals surface area contributed by atoms with E-state index in [4.69, 9.17) is 0 Å². The summed E-state index contributed by atoms with van der Waals surface area (Å²) in [5, 5.41) is 2.72. The van der Waals surface area contributed by atoms with Crippen molar-refractivity contribution in [1.82, 2.24) is 5.32 Å². The summed E-state index contributed by atoms with van der Waals surface area (Å²) >= 11 is 0. The zero-order valence-corrected chi connectivity index (χ0v) is 8.68. The van der Waals surface area contributed by atoms with Crippen LogP contribution in [0.1, 0.15) is 34.1 Å². The van der Waals surface area contributed by atoms with Crippen LogP contribution in [0.3, 0.4) is 0 Å². The molecule has 0 spiro atoms. The van der Waals surface area contributed by atoms with Gasteiger partial charge >= 0.3 is 0 Å². The second-order valence-corrected chi connectivity index (χ2v) is 2.37. The maximum atomic E-state index is 10.9. The smallest absolute Gasteiger partial charge is 0.220 e. The summed E-state index contributed by atoms with van der Waals surface area (Å²) in [5.41, 5.74) is 0. The van der Waals surface area contributed by atoms with Crippen LogP contribution in [0.5, 0.6) is 0 Å². The predicted octanol–water partition coefficient (Wildman–Crippen LogP) is 2.36. The summed E-state index contributed by atoms with van der Waals surface area (Å²) in [7, 11) is 0. The Kier molecular flexibility index (Phi) is 11.7. The predicted molar refractivity (Wildman–Crippen MR) is 54.0 cm³/mol. The van der Waals surface area contributed by atoms with Crippen LogP contribution in [-0.4, -0.2) is 12.5 Å². The normalized spacial score (nSPS) is 10.7. The molecule has 1 unspecified atom stereocenters. The van der Waals surface area contributed by atoms with E-state index in [0.29, 0.717) is 13.0 Å².